The number of carbonyl (C=O) groups is 2. The first-order valence-corrected chi connectivity index (χ1v) is 8.79. The maximum absolute atomic E-state index is 12.7. The highest BCUT2D eigenvalue weighted by Crippen LogP contribution is 2.31. The second-order valence-corrected chi connectivity index (χ2v) is 6.97. The van der Waals surface area contributed by atoms with E-state index in [1.807, 2.05) is 32.0 Å². The highest BCUT2D eigenvalue weighted by Gasteiger charge is 2.36. The predicted molar refractivity (Wildman–Crippen MR) is 103 cm³/mol. The van der Waals surface area contributed by atoms with Crippen LogP contribution in [-0.4, -0.2) is 25.5 Å². The van der Waals surface area contributed by atoms with Crippen LogP contribution in [0.15, 0.2) is 36.4 Å². The van der Waals surface area contributed by atoms with Crippen molar-refractivity contribution < 1.29 is 14.3 Å². The van der Waals surface area contributed by atoms with E-state index in [9.17, 15) is 9.59 Å². The number of carbonyl (C=O) groups excluding carboxylic acids is 2. The molecule has 136 valence electrons. The van der Waals surface area contributed by atoms with Crippen LogP contribution < -0.4 is 15.0 Å². The molecule has 1 aliphatic rings. The minimum atomic E-state index is -0.425. The van der Waals surface area contributed by atoms with Gasteiger partial charge in [0.05, 0.1) is 18.7 Å². The smallest absolute Gasteiger partial charge is 0.229 e. The van der Waals surface area contributed by atoms with E-state index >= 15 is 0 Å². The molecule has 3 rings (SSSR count). The van der Waals surface area contributed by atoms with Crippen molar-refractivity contribution in [2.75, 3.05) is 23.9 Å². The molecular weight excluding hydrogens is 352 g/mol. The summed E-state index contributed by atoms with van der Waals surface area (Å²) in [7, 11) is 1.53. The molecule has 26 heavy (non-hydrogen) atoms. The van der Waals surface area contributed by atoms with E-state index in [-0.39, 0.29) is 18.2 Å². The maximum atomic E-state index is 12.7. The van der Waals surface area contributed by atoms with Gasteiger partial charge in [-0.05, 0) is 49.2 Å². The summed E-state index contributed by atoms with van der Waals surface area (Å²) in [6, 6.07) is 11.0. The van der Waals surface area contributed by atoms with E-state index in [0.717, 1.165) is 16.8 Å². The summed E-state index contributed by atoms with van der Waals surface area (Å²) in [5, 5.41) is 3.34. The lowest BCUT2D eigenvalue weighted by Gasteiger charge is -2.20. The number of methoxy groups -OCH3 is 1. The van der Waals surface area contributed by atoms with Crippen LogP contribution in [-0.2, 0) is 9.59 Å². The second kappa shape index (κ2) is 7.38. The molecule has 1 saturated heterocycles. The number of anilines is 2. The highest BCUT2D eigenvalue weighted by atomic mass is 35.5. The predicted octanol–water partition coefficient (Wildman–Crippen LogP) is 3.96. The molecule has 0 aliphatic carbocycles. The van der Waals surface area contributed by atoms with Crippen molar-refractivity contribution >= 4 is 34.8 Å². The molecule has 2 aromatic rings. The second-order valence-electron chi connectivity index (χ2n) is 6.53. The molecule has 1 aliphatic heterocycles. The van der Waals surface area contributed by atoms with Crippen LogP contribution in [0, 0.1) is 19.8 Å². The molecule has 1 N–H and O–H groups in total. The van der Waals surface area contributed by atoms with Crippen LogP contribution in [0.25, 0.3) is 0 Å². The van der Waals surface area contributed by atoms with E-state index in [4.69, 9.17) is 16.3 Å². The average Bonchev–Trinajstić information content (AvgIpc) is 2.99. The van der Waals surface area contributed by atoms with Gasteiger partial charge in [-0.1, -0.05) is 23.7 Å². The van der Waals surface area contributed by atoms with Crippen LogP contribution in [0.3, 0.4) is 0 Å². The molecule has 1 atom stereocenters. The van der Waals surface area contributed by atoms with Crippen LogP contribution in [0.4, 0.5) is 11.4 Å². The fraction of sp³-hybridized carbons (Fsp3) is 0.300. The summed E-state index contributed by atoms with van der Waals surface area (Å²) in [5.41, 5.74) is 3.46. The van der Waals surface area contributed by atoms with Crippen LogP contribution >= 0.6 is 11.6 Å². The average molecular weight is 373 g/mol. The third-order valence-corrected chi connectivity index (χ3v) is 4.81. The van der Waals surface area contributed by atoms with Gasteiger partial charge in [0.1, 0.15) is 5.75 Å². The minimum Gasteiger partial charge on any atom is -0.495 e. The van der Waals surface area contributed by atoms with E-state index < -0.39 is 5.92 Å². The van der Waals surface area contributed by atoms with Crippen molar-refractivity contribution in [3.8, 4) is 5.75 Å². The summed E-state index contributed by atoms with van der Waals surface area (Å²) in [6.45, 7) is 4.31. The molecule has 0 aromatic heterocycles. The summed E-state index contributed by atoms with van der Waals surface area (Å²) in [4.78, 5) is 26.9. The number of hydrogen-bond acceptors (Lipinski definition) is 3. The van der Waals surface area contributed by atoms with Gasteiger partial charge in [0.15, 0.2) is 0 Å². The first kappa shape index (κ1) is 18.3. The number of hydrogen-bond donors (Lipinski definition) is 1. The number of halogens is 1. The van der Waals surface area contributed by atoms with Crippen molar-refractivity contribution in [1.82, 2.24) is 0 Å². The van der Waals surface area contributed by atoms with E-state index in [2.05, 4.69) is 5.32 Å². The molecule has 2 aromatic carbocycles. The molecule has 6 heteroatoms. The molecule has 1 heterocycles. The number of nitrogens with zero attached hydrogens (tertiary/aromatic N) is 1. The Morgan fingerprint density at radius 1 is 1.23 bits per heavy atom. The fourth-order valence-corrected chi connectivity index (χ4v) is 3.31. The monoisotopic (exact) mass is 372 g/mol. The fourth-order valence-electron chi connectivity index (χ4n) is 3.14. The Hall–Kier alpha value is -2.53. The molecule has 0 saturated carbocycles. The summed E-state index contributed by atoms with van der Waals surface area (Å²) in [6.07, 6.45) is 0.183. The van der Waals surface area contributed by atoms with Crippen LogP contribution in [0.5, 0.6) is 5.75 Å². The van der Waals surface area contributed by atoms with Crippen molar-refractivity contribution in [1.29, 1.82) is 0 Å². The first-order valence-electron chi connectivity index (χ1n) is 8.41. The number of amides is 2. The van der Waals surface area contributed by atoms with Gasteiger partial charge in [-0.25, -0.2) is 0 Å². The van der Waals surface area contributed by atoms with Crippen molar-refractivity contribution in [2.24, 2.45) is 5.92 Å². The lowest BCUT2D eigenvalue weighted by atomic mass is 10.1. The summed E-state index contributed by atoms with van der Waals surface area (Å²) < 4.78 is 5.25. The number of nitrogens with one attached hydrogen (secondary N) is 1. The van der Waals surface area contributed by atoms with E-state index in [1.165, 1.54) is 7.11 Å². The van der Waals surface area contributed by atoms with Gasteiger partial charge in [0, 0.05) is 23.7 Å². The Morgan fingerprint density at radius 3 is 2.73 bits per heavy atom. The SMILES string of the molecule is COc1ccc(Cl)cc1NC(=O)C1CC(=O)N(c2cc(C)ccc2C)C1. The summed E-state index contributed by atoms with van der Waals surface area (Å²) in [5.74, 6) is -0.159. The van der Waals surface area contributed by atoms with Gasteiger partial charge in [0.2, 0.25) is 11.8 Å². The van der Waals surface area contributed by atoms with Crippen LogP contribution in [0.1, 0.15) is 17.5 Å². The topological polar surface area (TPSA) is 58.6 Å². The zero-order chi connectivity index (χ0) is 18.8. The Kier molecular flexibility index (Phi) is 5.18. The lowest BCUT2D eigenvalue weighted by Crippen LogP contribution is -2.28. The van der Waals surface area contributed by atoms with Gasteiger partial charge in [-0.3, -0.25) is 9.59 Å². The Labute approximate surface area is 157 Å². The number of aryl methyl sites for hydroxylation is 2. The van der Waals surface area contributed by atoms with Crippen molar-refractivity contribution in [2.45, 2.75) is 20.3 Å². The number of rotatable bonds is 4. The third-order valence-electron chi connectivity index (χ3n) is 4.57. The molecule has 0 bridgehead atoms. The molecule has 1 fully saturated rings. The molecular formula is C20H21ClN2O3. The van der Waals surface area contributed by atoms with Gasteiger partial charge in [-0.15, -0.1) is 0 Å². The van der Waals surface area contributed by atoms with Gasteiger partial charge >= 0.3 is 0 Å². The molecule has 1 unspecified atom stereocenters. The molecule has 0 radical (unpaired) electrons. The standard InChI is InChI=1S/C20H21ClN2O3/c1-12-4-5-13(2)17(8-12)23-11-14(9-19(23)24)20(25)22-16-10-15(21)6-7-18(16)26-3/h4-8,10,14H,9,11H2,1-3H3,(H,22,25). The van der Waals surface area contributed by atoms with Gasteiger partial charge < -0.3 is 15.0 Å². The Morgan fingerprint density at radius 2 is 2.00 bits per heavy atom. The van der Waals surface area contributed by atoms with Crippen LogP contribution in [0.2, 0.25) is 5.02 Å². The lowest BCUT2D eigenvalue weighted by molar-refractivity contribution is -0.122. The van der Waals surface area contributed by atoms with Crippen molar-refractivity contribution in [3.05, 3.63) is 52.5 Å². The highest BCUT2D eigenvalue weighted by molar-refractivity contribution is 6.31. The third kappa shape index (κ3) is 3.68. The molecule has 0 spiro atoms. The summed E-state index contributed by atoms with van der Waals surface area (Å²) >= 11 is 6.01. The Balaban J connectivity index is 1.77. The maximum Gasteiger partial charge on any atom is 0.229 e. The Bertz CT molecular complexity index is 866. The quantitative estimate of drug-likeness (QED) is 0.883. The molecule has 5 nitrogen and oxygen atoms in total. The van der Waals surface area contributed by atoms with Gasteiger partial charge in [-0.2, -0.15) is 0 Å². The first-order chi connectivity index (χ1) is 12.4. The van der Waals surface area contributed by atoms with E-state index in [1.54, 1.807) is 23.1 Å². The zero-order valence-electron chi connectivity index (χ0n) is 15.0. The normalized spacial score (nSPS) is 16.7. The zero-order valence-corrected chi connectivity index (χ0v) is 15.8. The molecule has 2 amide bonds. The number of benzene rings is 2. The van der Waals surface area contributed by atoms with Crippen molar-refractivity contribution in [3.63, 3.8) is 0 Å². The van der Waals surface area contributed by atoms with Gasteiger partial charge in [0.25, 0.3) is 0 Å². The largest absolute Gasteiger partial charge is 0.495 e. The van der Waals surface area contributed by atoms with E-state index in [0.29, 0.717) is 23.0 Å². The number of ether oxygens (including phenoxy) is 1. The minimum absolute atomic E-state index is 0.0445.